The fourth-order valence-corrected chi connectivity index (χ4v) is 2.00. The van der Waals surface area contributed by atoms with Gasteiger partial charge in [0.15, 0.2) is 0 Å². The van der Waals surface area contributed by atoms with Crippen LogP contribution in [-0.2, 0) is 0 Å². The van der Waals surface area contributed by atoms with E-state index in [-0.39, 0.29) is 0 Å². The van der Waals surface area contributed by atoms with Gasteiger partial charge in [-0.05, 0) is 37.5 Å². The lowest BCUT2D eigenvalue weighted by Gasteiger charge is -2.27. The second-order valence-corrected chi connectivity index (χ2v) is 3.42. The van der Waals surface area contributed by atoms with Crippen molar-refractivity contribution in [2.45, 2.75) is 25.8 Å². The van der Waals surface area contributed by atoms with Crippen molar-refractivity contribution in [3.63, 3.8) is 0 Å². The van der Waals surface area contributed by atoms with Gasteiger partial charge in [-0.3, -0.25) is 0 Å². The molecule has 0 aliphatic heterocycles. The van der Waals surface area contributed by atoms with Crippen molar-refractivity contribution >= 4 is 0 Å². The van der Waals surface area contributed by atoms with Gasteiger partial charge in [0, 0.05) is 6.04 Å². The minimum atomic E-state index is 0.471. The molecule has 0 aromatic carbocycles. The average Bonchev–Trinajstić information content (AvgIpc) is 2.13. The molecule has 0 saturated heterocycles. The lowest BCUT2D eigenvalue weighted by atomic mass is 9.81. The van der Waals surface area contributed by atoms with Gasteiger partial charge < -0.3 is 5.73 Å². The van der Waals surface area contributed by atoms with E-state index >= 15 is 0 Å². The average molecular weight is 111 g/mol. The highest BCUT2D eigenvalue weighted by Gasteiger charge is 2.54. The van der Waals surface area contributed by atoms with E-state index in [1.54, 1.807) is 0 Å². The van der Waals surface area contributed by atoms with Gasteiger partial charge >= 0.3 is 0 Å². The van der Waals surface area contributed by atoms with Gasteiger partial charge in [0.05, 0.1) is 0 Å². The predicted octanol–water partition coefficient (Wildman–Crippen LogP) is 0.990. The van der Waals surface area contributed by atoms with E-state index in [2.05, 4.69) is 6.92 Å². The lowest BCUT2D eigenvalue weighted by molar-refractivity contribution is 0.249. The van der Waals surface area contributed by atoms with Gasteiger partial charge in [0.25, 0.3) is 0 Å². The summed E-state index contributed by atoms with van der Waals surface area (Å²) in [7, 11) is 0. The normalized spacial score (nSPS) is 54.0. The summed E-state index contributed by atoms with van der Waals surface area (Å²) in [6.45, 7) is 2.14. The molecule has 2 fully saturated rings. The Balaban J connectivity index is 1.92. The molecule has 2 rings (SSSR count). The Hall–Kier alpha value is -0.0400. The van der Waals surface area contributed by atoms with Crippen molar-refractivity contribution in [1.29, 1.82) is 0 Å². The first kappa shape index (κ1) is 4.80. The highest BCUT2D eigenvalue weighted by Crippen LogP contribution is 2.60. The quantitative estimate of drug-likeness (QED) is 0.536. The van der Waals surface area contributed by atoms with Gasteiger partial charge in [-0.1, -0.05) is 0 Å². The Morgan fingerprint density at radius 3 is 2.38 bits per heavy atom. The van der Waals surface area contributed by atoms with Gasteiger partial charge in [-0.25, -0.2) is 0 Å². The predicted molar refractivity (Wildman–Crippen MR) is 33.4 cm³/mol. The zero-order chi connectivity index (χ0) is 5.72. The Labute approximate surface area is 50.3 Å². The van der Waals surface area contributed by atoms with Gasteiger partial charge in [0.1, 0.15) is 0 Å². The Morgan fingerprint density at radius 1 is 1.50 bits per heavy atom. The maximum atomic E-state index is 5.71. The minimum Gasteiger partial charge on any atom is -0.328 e. The summed E-state index contributed by atoms with van der Waals surface area (Å²) in [6, 6.07) is 0.471. The molecular weight excluding hydrogens is 98.1 g/mol. The lowest BCUT2D eigenvalue weighted by Crippen LogP contribution is -2.33. The first-order chi connectivity index (χ1) is 3.79. The van der Waals surface area contributed by atoms with E-state index in [1.807, 2.05) is 0 Å². The van der Waals surface area contributed by atoms with Crippen molar-refractivity contribution in [3.8, 4) is 0 Å². The topological polar surface area (TPSA) is 26.0 Å². The molecule has 1 nitrogen and oxygen atoms in total. The third kappa shape index (κ3) is 0.455. The highest BCUT2D eigenvalue weighted by molar-refractivity contribution is 5.04. The zero-order valence-electron chi connectivity index (χ0n) is 5.30. The summed E-state index contributed by atoms with van der Waals surface area (Å²) < 4.78 is 0. The first-order valence-electron chi connectivity index (χ1n) is 3.54. The van der Waals surface area contributed by atoms with Crippen LogP contribution in [0.1, 0.15) is 19.8 Å². The molecule has 2 N–H and O–H groups in total. The summed E-state index contributed by atoms with van der Waals surface area (Å²) in [5.41, 5.74) is 5.71. The van der Waals surface area contributed by atoms with Crippen LogP contribution in [-0.4, -0.2) is 6.04 Å². The van der Waals surface area contributed by atoms with Crippen LogP contribution in [0.25, 0.3) is 0 Å². The van der Waals surface area contributed by atoms with Crippen LogP contribution >= 0.6 is 0 Å². The van der Waals surface area contributed by atoms with Crippen LogP contribution in [0.4, 0.5) is 0 Å². The smallest absolute Gasteiger partial charge is 0.00416 e. The maximum absolute atomic E-state index is 5.71. The number of nitrogens with two attached hydrogens (primary N) is 1. The summed E-state index contributed by atoms with van der Waals surface area (Å²) in [4.78, 5) is 0. The minimum absolute atomic E-state index is 0.471. The van der Waals surface area contributed by atoms with Crippen LogP contribution in [0.3, 0.4) is 0 Å². The molecule has 0 heterocycles. The third-order valence-electron chi connectivity index (χ3n) is 2.78. The molecule has 2 aliphatic carbocycles. The molecule has 2 aliphatic rings. The summed E-state index contributed by atoms with van der Waals surface area (Å²) in [5, 5.41) is 0. The summed E-state index contributed by atoms with van der Waals surface area (Å²) >= 11 is 0. The van der Waals surface area contributed by atoms with E-state index in [1.165, 1.54) is 12.8 Å². The van der Waals surface area contributed by atoms with Crippen LogP contribution < -0.4 is 5.73 Å². The number of hydrogen-bond donors (Lipinski definition) is 1. The van der Waals surface area contributed by atoms with Crippen LogP contribution in [0, 0.1) is 17.8 Å². The molecule has 1 heteroatoms. The molecule has 4 unspecified atom stereocenters. The number of rotatable bonds is 1. The van der Waals surface area contributed by atoms with Crippen LogP contribution in [0.15, 0.2) is 0 Å². The molecule has 4 atom stereocenters. The molecule has 46 valence electrons. The molecule has 0 aromatic heterocycles. The second kappa shape index (κ2) is 1.27. The molecule has 2 saturated carbocycles. The van der Waals surface area contributed by atoms with Crippen molar-refractivity contribution in [2.75, 3.05) is 0 Å². The molecule has 0 spiro atoms. The highest BCUT2D eigenvalue weighted by atomic mass is 14.7. The Morgan fingerprint density at radius 2 is 2.25 bits per heavy atom. The van der Waals surface area contributed by atoms with Crippen molar-refractivity contribution in [2.24, 2.45) is 23.5 Å². The monoisotopic (exact) mass is 111 g/mol. The molecule has 0 radical (unpaired) electrons. The zero-order valence-corrected chi connectivity index (χ0v) is 5.30. The van der Waals surface area contributed by atoms with Gasteiger partial charge in [-0.15, -0.1) is 0 Å². The van der Waals surface area contributed by atoms with Crippen LogP contribution in [0.5, 0.6) is 0 Å². The first-order valence-corrected chi connectivity index (χ1v) is 3.54. The SMILES string of the molecule is CC(N)C1CC2CC21. The van der Waals surface area contributed by atoms with Crippen molar-refractivity contribution < 1.29 is 0 Å². The van der Waals surface area contributed by atoms with Gasteiger partial charge in [0.2, 0.25) is 0 Å². The molecule has 0 aromatic rings. The summed E-state index contributed by atoms with van der Waals surface area (Å²) in [5.74, 6) is 3.08. The maximum Gasteiger partial charge on any atom is 0.00416 e. The van der Waals surface area contributed by atoms with E-state index in [9.17, 15) is 0 Å². The Bertz CT molecular complexity index is 107. The van der Waals surface area contributed by atoms with E-state index in [4.69, 9.17) is 5.73 Å². The van der Waals surface area contributed by atoms with Gasteiger partial charge in [-0.2, -0.15) is 0 Å². The fraction of sp³-hybridized carbons (Fsp3) is 1.00. The molecular formula is C7H13N. The van der Waals surface area contributed by atoms with E-state index in [0.29, 0.717) is 6.04 Å². The largest absolute Gasteiger partial charge is 0.328 e. The second-order valence-electron chi connectivity index (χ2n) is 3.42. The van der Waals surface area contributed by atoms with Crippen molar-refractivity contribution in [1.82, 2.24) is 0 Å². The third-order valence-corrected chi connectivity index (χ3v) is 2.78. The number of hydrogen-bond acceptors (Lipinski definition) is 1. The molecule has 0 bridgehead atoms. The van der Waals surface area contributed by atoms with E-state index in [0.717, 1.165) is 17.8 Å². The standard InChI is InChI=1S/C7H13N/c1-4(8)6-2-5-3-7(5)6/h4-7H,2-3,8H2,1H3. The number of fused-ring (bicyclic) bond motifs is 1. The molecule has 8 heavy (non-hydrogen) atoms. The van der Waals surface area contributed by atoms with Crippen LogP contribution in [0.2, 0.25) is 0 Å². The Kier molecular flexibility index (Phi) is 0.762. The summed E-state index contributed by atoms with van der Waals surface area (Å²) in [6.07, 6.45) is 2.93. The van der Waals surface area contributed by atoms with Crippen molar-refractivity contribution in [3.05, 3.63) is 0 Å². The molecule has 0 amide bonds. The van der Waals surface area contributed by atoms with E-state index < -0.39 is 0 Å². The fourth-order valence-electron chi connectivity index (χ4n) is 2.00.